The van der Waals surface area contributed by atoms with Crippen LogP contribution in [0.25, 0.3) is 0 Å². The Morgan fingerprint density at radius 2 is 1.95 bits per heavy atom. The highest BCUT2D eigenvalue weighted by Crippen LogP contribution is 2.23. The molecule has 0 aliphatic carbocycles. The van der Waals surface area contributed by atoms with Crippen LogP contribution in [0.15, 0.2) is 41.4 Å². The van der Waals surface area contributed by atoms with Gasteiger partial charge in [0.15, 0.2) is 5.69 Å². The molecular weight excluding hydrogens is 312 g/mol. The first-order valence-corrected chi connectivity index (χ1v) is 7.41. The molecule has 6 nitrogen and oxygen atoms in total. The van der Waals surface area contributed by atoms with Crippen molar-refractivity contribution < 1.29 is 8.42 Å². The molecule has 1 N–H and O–H groups in total. The van der Waals surface area contributed by atoms with Gasteiger partial charge in [-0.25, -0.2) is 13.4 Å². The number of nitrogens with zero attached hydrogens (tertiary/aromatic N) is 3. The predicted octanol–water partition coefficient (Wildman–Crippen LogP) is 2.28. The standard InChI is InChI=1S/C13H7ClN4O2S/c14-11-6-10(4-3-9(11)7-15)18-21(19,20)13-2-1-5-17-12(13)8-16/h1-6,18H. The molecule has 1 heterocycles. The van der Waals surface area contributed by atoms with E-state index in [1.54, 1.807) is 6.07 Å². The molecule has 2 aromatic rings. The van der Waals surface area contributed by atoms with E-state index >= 15 is 0 Å². The van der Waals surface area contributed by atoms with Gasteiger partial charge in [-0.3, -0.25) is 4.72 Å². The van der Waals surface area contributed by atoms with Crippen LogP contribution >= 0.6 is 11.6 Å². The average Bonchev–Trinajstić information content (AvgIpc) is 2.47. The number of rotatable bonds is 3. The fourth-order valence-electron chi connectivity index (χ4n) is 1.57. The number of aromatic nitrogens is 1. The second-order valence-electron chi connectivity index (χ2n) is 3.87. The van der Waals surface area contributed by atoms with Gasteiger partial charge in [-0.2, -0.15) is 10.5 Å². The fraction of sp³-hybridized carbons (Fsp3) is 0. The summed E-state index contributed by atoms with van der Waals surface area (Å²) in [6.45, 7) is 0. The number of nitrogens with one attached hydrogen (secondary N) is 1. The Balaban J connectivity index is 2.41. The first-order valence-electron chi connectivity index (χ1n) is 5.55. The maximum atomic E-state index is 12.2. The molecule has 104 valence electrons. The largest absolute Gasteiger partial charge is 0.279 e. The van der Waals surface area contributed by atoms with Crippen LogP contribution in [0.2, 0.25) is 5.02 Å². The van der Waals surface area contributed by atoms with Crippen LogP contribution in [-0.2, 0) is 10.0 Å². The summed E-state index contributed by atoms with van der Waals surface area (Å²) in [6, 6.07) is 10.4. The molecule has 0 unspecified atom stereocenters. The fourth-order valence-corrected chi connectivity index (χ4v) is 2.95. The third-order valence-electron chi connectivity index (χ3n) is 2.51. The normalized spacial score (nSPS) is 10.4. The van der Waals surface area contributed by atoms with Crippen LogP contribution in [0.1, 0.15) is 11.3 Å². The third kappa shape index (κ3) is 3.11. The van der Waals surface area contributed by atoms with E-state index in [-0.39, 0.29) is 26.9 Å². The topological polar surface area (TPSA) is 107 Å². The highest BCUT2D eigenvalue weighted by molar-refractivity contribution is 7.92. The van der Waals surface area contributed by atoms with Crippen LogP contribution in [0.4, 0.5) is 5.69 Å². The lowest BCUT2D eigenvalue weighted by Crippen LogP contribution is -2.15. The minimum Gasteiger partial charge on any atom is -0.279 e. The van der Waals surface area contributed by atoms with Gasteiger partial charge in [0.1, 0.15) is 17.0 Å². The average molecular weight is 319 g/mol. The lowest BCUT2D eigenvalue weighted by Gasteiger charge is -2.09. The number of halogens is 1. The quantitative estimate of drug-likeness (QED) is 0.934. The van der Waals surface area contributed by atoms with E-state index < -0.39 is 10.0 Å². The molecule has 1 aromatic heterocycles. The number of pyridine rings is 1. The molecule has 8 heteroatoms. The van der Waals surface area contributed by atoms with Gasteiger partial charge in [0.05, 0.1) is 16.3 Å². The Kier molecular flexibility index (Phi) is 4.08. The lowest BCUT2D eigenvalue weighted by molar-refractivity contribution is 0.600. The van der Waals surface area contributed by atoms with Crippen molar-refractivity contribution in [2.75, 3.05) is 4.72 Å². The Labute approximate surface area is 126 Å². The zero-order chi connectivity index (χ0) is 15.5. The Bertz CT molecular complexity index is 882. The van der Waals surface area contributed by atoms with Crippen molar-refractivity contribution in [2.45, 2.75) is 4.90 Å². The molecule has 0 aliphatic heterocycles. The van der Waals surface area contributed by atoms with Crippen LogP contribution in [0.3, 0.4) is 0 Å². The van der Waals surface area contributed by atoms with E-state index in [2.05, 4.69) is 9.71 Å². The van der Waals surface area contributed by atoms with Gasteiger partial charge in [-0.1, -0.05) is 11.6 Å². The van der Waals surface area contributed by atoms with Gasteiger partial charge in [-0.05, 0) is 30.3 Å². The number of hydrogen-bond acceptors (Lipinski definition) is 5. The first-order chi connectivity index (χ1) is 9.97. The van der Waals surface area contributed by atoms with Crippen LogP contribution < -0.4 is 4.72 Å². The van der Waals surface area contributed by atoms with E-state index in [1.807, 2.05) is 6.07 Å². The number of benzene rings is 1. The van der Waals surface area contributed by atoms with Crippen molar-refractivity contribution in [3.05, 3.63) is 52.8 Å². The summed E-state index contributed by atoms with van der Waals surface area (Å²) in [5.74, 6) is 0. The van der Waals surface area contributed by atoms with Gasteiger partial charge >= 0.3 is 0 Å². The van der Waals surface area contributed by atoms with Gasteiger partial charge in [0.25, 0.3) is 10.0 Å². The minimum atomic E-state index is -3.97. The minimum absolute atomic E-state index is 0.129. The second-order valence-corrected chi connectivity index (χ2v) is 5.93. The number of hydrogen-bond donors (Lipinski definition) is 1. The summed E-state index contributed by atoms with van der Waals surface area (Å²) >= 11 is 5.84. The molecule has 0 saturated heterocycles. The molecule has 0 amide bonds. The third-order valence-corrected chi connectivity index (χ3v) is 4.23. The van der Waals surface area contributed by atoms with Gasteiger partial charge < -0.3 is 0 Å². The van der Waals surface area contributed by atoms with E-state index in [4.69, 9.17) is 22.1 Å². The molecule has 0 saturated carbocycles. The maximum absolute atomic E-state index is 12.2. The van der Waals surface area contributed by atoms with Crippen LogP contribution in [0, 0.1) is 22.7 Å². The van der Waals surface area contributed by atoms with Gasteiger partial charge in [0, 0.05) is 6.20 Å². The highest BCUT2D eigenvalue weighted by Gasteiger charge is 2.19. The smallest absolute Gasteiger partial charge is 0.264 e. The SMILES string of the molecule is N#Cc1ccc(NS(=O)(=O)c2cccnc2C#N)cc1Cl. The van der Waals surface area contributed by atoms with Crippen molar-refractivity contribution >= 4 is 27.3 Å². The predicted molar refractivity (Wildman–Crippen MR) is 75.9 cm³/mol. The van der Waals surface area contributed by atoms with E-state index in [0.717, 1.165) is 0 Å². The zero-order valence-electron chi connectivity index (χ0n) is 10.4. The second kappa shape index (κ2) is 5.80. The van der Waals surface area contributed by atoms with Crippen molar-refractivity contribution in [1.82, 2.24) is 4.98 Å². The summed E-state index contributed by atoms with van der Waals surface area (Å²) in [5, 5.41) is 17.8. The molecule has 0 spiro atoms. The summed E-state index contributed by atoms with van der Waals surface area (Å²) in [7, 11) is -3.97. The summed E-state index contributed by atoms with van der Waals surface area (Å²) in [4.78, 5) is 3.47. The molecule has 21 heavy (non-hydrogen) atoms. The van der Waals surface area contributed by atoms with E-state index in [1.165, 1.54) is 36.5 Å². The van der Waals surface area contributed by atoms with Crippen molar-refractivity contribution in [2.24, 2.45) is 0 Å². The number of nitriles is 2. The first kappa shape index (κ1) is 14.8. The summed E-state index contributed by atoms with van der Waals surface area (Å²) in [6.07, 6.45) is 1.33. The Hall–Kier alpha value is -2.61. The Morgan fingerprint density at radius 1 is 1.19 bits per heavy atom. The van der Waals surface area contributed by atoms with E-state index in [0.29, 0.717) is 0 Å². The van der Waals surface area contributed by atoms with Crippen molar-refractivity contribution in [3.8, 4) is 12.1 Å². The number of anilines is 1. The molecule has 0 bridgehead atoms. The molecule has 1 aromatic carbocycles. The molecular formula is C13H7ClN4O2S. The Morgan fingerprint density at radius 3 is 2.57 bits per heavy atom. The molecule has 0 aliphatic rings. The number of sulfonamides is 1. The molecule has 2 rings (SSSR count). The van der Waals surface area contributed by atoms with Crippen molar-refractivity contribution in [1.29, 1.82) is 10.5 Å². The van der Waals surface area contributed by atoms with Gasteiger partial charge in [0.2, 0.25) is 0 Å². The molecule has 0 radical (unpaired) electrons. The van der Waals surface area contributed by atoms with E-state index in [9.17, 15) is 8.42 Å². The van der Waals surface area contributed by atoms with Crippen LogP contribution in [-0.4, -0.2) is 13.4 Å². The maximum Gasteiger partial charge on any atom is 0.264 e. The van der Waals surface area contributed by atoms with Gasteiger partial charge in [-0.15, -0.1) is 0 Å². The zero-order valence-corrected chi connectivity index (χ0v) is 12.0. The van der Waals surface area contributed by atoms with Crippen molar-refractivity contribution in [3.63, 3.8) is 0 Å². The monoisotopic (exact) mass is 318 g/mol. The van der Waals surface area contributed by atoms with Crippen LogP contribution in [0.5, 0.6) is 0 Å². The molecule has 0 fully saturated rings. The summed E-state index contributed by atoms with van der Waals surface area (Å²) < 4.78 is 26.8. The lowest BCUT2D eigenvalue weighted by atomic mass is 10.2. The molecule has 0 atom stereocenters. The summed E-state index contributed by atoms with van der Waals surface area (Å²) in [5.41, 5.74) is 0.218. The highest BCUT2D eigenvalue weighted by atomic mass is 35.5.